The highest BCUT2D eigenvalue weighted by Gasteiger charge is 2.50. The number of nitrogens with zero attached hydrogens (tertiary/aromatic N) is 1. The minimum absolute atomic E-state index is 0.158. The summed E-state index contributed by atoms with van der Waals surface area (Å²) in [6, 6.07) is 0.441. The van der Waals surface area contributed by atoms with Crippen LogP contribution in [-0.4, -0.2) is 36.0 Å². The first kappa shape index (κ1) is 11.1. The molecule has 5 atom stereocenters. The smallest absolute Gasteiger partial charge is 0.410 e. The Labute approximate surface area is 101 Å². The summed E-state index contributed by atoms with van der Waals surface area (Å²) in [4.78, 5) is 24.8. The number of fused-ring (bicyclic) bond motifs is 2. The number of piperidine rings is 1. The molecule has 0 N–H and O–H groups in total. The van der Waals surface area contributed by atoms with Crippen molar-refractivity contribution in [1.82, 2.24) is 4.90 Å². The van der Waals surface area contributed by atoms with E-state index < -0.39 is 0 Å². The Morgan fingerprint density at radius 1 is 1.35 bits per heavy atom. The van der Waals surface area contributed by atoms with Crippen molar-refractivity contribution in [3.05, 3.63) is 0 Å². The second-order valence-electron chi connectivity index (χ2n) is 5.67. The number of hydrogen-bond donors (Lipinski definition) is 0. The molecule has 3 aliphatic rings. The quantitative estimate of drug-likeness (QED) is 0.654. The fourth-order valence-corrected chi connectivity index (χ4v) is 4.12. The number of carbonyl (C=O) groups excluding carboxylic acids is 2. The largest absolute Gasteiger partial charge is 0.447 e. The molecule has 4 unspecified atom stereocenters. The molecule has 1 amide bonds. The van der Waals surface area contributed by atoms with Crippen molar-refractivity contribution < 1.29 is 14.3 Å². The lowest BCUT2D eigenvalue weighted by Crippen LogP contribution is -2.54. The van der Waals surface area contributed by atoms with Gasteiger partial charge in [0.05, 0.1) is 6.04 Å². The van der Waals surface area contributed by atoms with Gasteiger partial charge in [-0.2, -0.15) is 0 Å². The lowest BCUT2D eigenvalue weighted by atomic mass is 9.65. The molecule has 94 valence electrons. The van der Waals surface area contributed by atoms with Gasteiger partial charge in [0.25, 0.3) is 0 Å². The van der Waals surface area contributed by atoms with Gasteiger partial charge in [-0.1, -0.05) is 6.42 Å². The fraction of sp³-hybridized carbons (Fsp3) is 0.846. The van der Waals surface area contributed by atoms with Gasteiger partial charge < -0.3 is 9.53 Å². The van der Waals surface area contributed by atoms with Crippen LogP contribution in [0.1, 0.15) is 32.6 Å². The van der Waals surface area contributed by atoms with Crippen LogP contribution < -0.4 is 0 Å². The van der Waals surface area contributed by atoms with Gasteiger partial charge in [0.15, 0.2) is 0 Å². The molecule has 3 rings (SSSR count). The zero-order valence-corrected chi connectivity index (χ0v) is 10.2. The number of aldehydes is 1. The van der Waals surface area contributed by atoms with E-state index >= 15 is 0 Å². The van der Waals surface area contributed by atoms with Crippen molar-refractivity contribution in [2.24, 2.45) is 17.8 Å². The molecule has 0 bridgehead atoms. The lowest BCUT2D eigenvalue weighted by molar-refractivity contribution is -0.116. The molecule has 2 aliphatic heterocycles. The molecule has 3 fully saturated rings. The number of amides is 1. The van der Waals surface area contributed by atoms with E-state index in [1.165, 1.54) is 0 Å². The highest BCUT2D eigenvalue weighted by molar-refractivity contribution is 5.71. The van der Waals surface area contributed by atoms with Gasteiger partial charge in [0, 0.05) is 12.0 Å². The minimum atomic E-state index is -0.158. The van der Waals surface area contributed by atoms with Gasteiger partial charge in [-0.3, -0.25) is 4.90 Å². The molecule has 1 saturated carbocycles. The van der Waals surface area contributed by atoms with Crippen molar-refractivity contribution in [2.75, 3.05) is 6.61 Å². The molecular weight excluding hydrogens is 218 g/mol. The second-order valence-corrected chi connectivity index (χ2v) is 5.67. The summed E-state index contributed by atoms with van der Waals surface area (Å²) < 4.78 is 5.14. The summed E-state index contributed by atoms with van der Waals surface area (Å²) in [5.41, 5.74) is 0. The van der Waals surface area contributed by atoms with Crippen LogP contribution in [0.15, 0.2) is 0 Å². The first-order valence-electron chi connectivity index (χ1n) is 6.62. The second kappa shape index (κ2) is 4.00. The van der Waals surface area contributed by atoms with E-state index in [2.05, 4.69) is 6.92 Å². The summed E-state index contributed by atoms with van der Waals surface area (Å²) in [7, 11) is 0. The third-order valence-electron chi connectivity index (χ3n) is 4.96. The lowest BCUT2D eigenvalue weighted by Gasteiger charge is -2.48. The topological polar surface area (TPSA) is 46.6 Å². The van der Waals surface area contributed by atoms with Crippen molar-refractivity contribution in [1.29, 1.82) is 0 Å². The predicted molar refractivity (Wildman–Crippen MR) is 61.4 cm³/mol. The van der Waals surface area contributed by atoms with Gasteiger partial charge in [0.2, 0.25) is 0 Å². The molecule has 1 aliphatic carbocycles. The average Bonchev–Trinajstić information content (AvgIpc) is 2.71. The zero-order chi connectivity index (χ0) is 12.0. The van der Waals surface area contributed by atoms with E-state index in [0.717, 1.165) is 32.0 Å². The number of hydrogen-bond acceptors (Lipinski definition) is 3. The maximum atomic E-state index is 11.7. The van der Waals surface area contributed by atoms with Gasteiger partial charge in [-0.15, -0.1) is 0 Å². The highest BCUT2D eigenvalue weighted by Crippen LogP contribution is 2.45. The Hall–Kier alpha value is -1.06. The number of rotatable bonds is 1. The zero-order valence-electron chi connectivity index (χ0n) is 10.2. The molecule has 0 aromatic rings. The Kier molecular flexibility index (Phi) is 2.60. The predicted octanol–water partition coefficient (Wildman–Crippen LogP) is 1.83. The third-order valence-corrected chi connectivity index (χ3v) is 4.96. The van der Waals surface area contributed by atoms with Crippen LogP contribution in [0.3, 0.4) is 0 Å². The molecule has 0 aromatic heterocycles. The normalized spacial score (nSPS) is 44.9. The number of cyclic esters (lactones) is 1. The van der Waals surface area contributed by atoms with Crippen LogP contribution in [0, 0.1) is 17.8 Å². The van der Waals surface area contributed by atoms with Gasteiger partial charge >= 0.3 is 6.09 Å². The van der Waals surface area contributed by atoms with E-state index in [4.69, 9.17) is 4.74 Å². The number of carbonyl (C=O) groups is 2. The first-order valence-corrected chi connectivity index (χ1v) is 6.62. The third kappa shape index (κ3) is 1.57. The van der Waals surface area contributed by atoms with Gasteiger partial charge in [0.1, 0.15) is 12.9 Å². The monoisotopic (exact) mass is 237 g/mol. The Morgan fingerprint density at radius 2 is 2.18 bits per heavy atom. The Bertz CT molecular complexity index is 344. The Morgan fingerprint density at radius 3 is 2.94 bits per heavy atom. The summed E-state index contributed by atoms with van der Waals surface area (Å²) >= 11 is 0. The van der Waals surface area contributed by atoms with Crippen LogP contribution in [0.2, 0.25) is 0 Å². The van der Waals surface area contributed by atoms with Crippen LogP contribution in [0.5, 0.6) is 0 Å². The summed E-state index contributed by atoms with van der Waals surface area (Å²) in [6.07, 6.45) is 5.21. The van der Waals surface area contributed by atoms with Crippen LogP contribution >= 0.6 is 0 Å². The highest BCUT2D eigenvalue weighted by atomic mass is 16.6. The van der Waals surface area contributed by atoms with Crippen molar-refractivity contribution >= 4 is 12.4 Å². The standard InChI is InChI=1S/C13H19NO3/c1-8-11-4-2-3-9(6-15)12(11)5-10-7-17-13(16)14(8)10/h6,8-12H,2-5,7H2,1H3/t8?,9?,10-,11?,12?/m1/s1. The fourth-order valence-electron chi connectivity index (χ4n) is 4.12. The molecule has 0 aromatic carbocycles. The maximum absolute atomic E-state index is 11.7. The van der Waals surface area contributed by atoms with Gasteiger partial charge in [-0.25, -0.2) is 4.79 Å². The molecule has 4 nitrogen and oxygen atoms in total. The maximum Gasteiger partial charge on any atom is 0.410 e. The molecule has 4 heteroatoms. The molecule has 0 radical (unpaired) electrons. The van der Waals surface area contributed by atoms with E-state index in [1.807, 2.05) is 4.90 Å². The van der Waals surface area contributed by atoms with E-state index in [1.54, 1.807) is 0 Å². The van der Waals surface area contributed by atoms with Gasteiger partial charge in [-0.05, 0) is 38.0 Å². The van der Waals surface area contributed by atoms with Crippen LogP contribution in [-0.2, 0) is 9.53 Å². The molecule has 17 heavy (non-hydrogen) atoms. The van der Waals surface area contributed by atoms with E-state index in [9.17, 15) is 9.59 Å². The molecule has 2 saturated heterocycles. The molecule has 2 heterocycles. The van der Waals surface area contributed by atoms with E-state index in [0.29, 0.717) is 18.4 Å². The van der Waals surface area contributed by atoms with Crippen molar-refractivity contribution in [3.8, 4) is 0 Å². The minimum Gasteiger partial charge on any atom is -0.447 e. The SMILES string of the molecule is CC1C2CCCC(C=O)C2C[C@@H]2COC(=O)N12. The van der Waals surface area contributed by atoms with E-state index in [-0.39, 0.29) is 24.1 Å². The number of ether oxygens (including phenoxy) is 1. The molecule has 0 spiro atoms. The Balaban J connectivity index is 1.86. The van der Waals surface area contributed by atoms with Crippen LogP contribution in [0.25, 0.3) is 0 Å². The first-order chi connectivity index (χ1) is 8.22. The summed E-state index contributed by atoms with van der Waals surface area (Å²) in [6.45, 7) is 2.63. The average molecular weight is 237 g/mol. The van der Waals surface area contributed by atoms with Crippen molar-refractivity contribution in [3.63, 3.8) is 0 Å². The summed E-state index contributed by atoms with van der Waals surface area (Å²) in [5, 5.41) is 0. The summed E-state index contributed by atoms with van der Waals surface area (Å²) in [5.74, 6) is 1.15. The van der Waals surface area contributed by atoms with Crippen LogP contribution in [0.4, 0.5) is 4.79 Å². The molecular formula is C13H19NO3. The van der Waals surface area contributed by atoms with Crippen molar-refractivity contribution in [2.45, 2.75) is 44.7 Å².